The van der Waals surface area contributed by atoms with Crippen LogP contribution in [0.4, 0.5) is 13.2 Å². The average Bonchev–Trinajstić information content (AvgIpc) is 3.00. The fourth-order valence-electron chi connectivity index (χ4n) is 6.73. The van der Waals surface area contributed by atoms with Gasteiger partial charge >= 0.3 is 0 Å². The molecule has 5 rings (SSSR count). The Labute approximate surface area is 236 Å². The van der Waals surface area contributed by atoms with Crippen molar-refractivity contribution in [2.45, 2.75) is 64.2 Å². The molecule has 0 N–H and O–H groups in total. The Morgan fingerprint density at radius 2 is 1.35 bits per heavy atom. The van der Waals surface area contributed by atoms with Gasteiger partial charge in [0.05, 0.1) is 0 Å². The molecule has 0 saturated heterocycles. The van der Waals surface area contributed by atoms with Gasteiger partial charge in [0.25, 0.3) is 0 Å². The van der Waals surface area contributed by atoms with Crippen molar-refractivity contribution in [3.05, 3.63) is 102 Å². The third kappa shape index (κ3) is 6.22. The first-order chi connectivity index (χ1) is 19.5. The predicted molar refractivity (Wildman–Crippen MR) is 158 cm³/mol. The molecule has 0 radical (unpaired) electrons. The second-order valence-corrected chi connectivity index (χ2v) is 11.5. The Morgan fingerprint density at radius 1 is 0.750 bits per heavy atom. The molecule has 0 amide bonds. The molecule has 0 spiro atoms. The summed E-state index contributed by atoms with van der Waals surface area (Å²) < 4.78 is 49.9. The van der Waals surface area contributed by atoms with Crippen LogP contribution in [-0.4, -0.2) is 6.61 Å². The van der Waals surface area contributed by atoms with E-state index in [0.29, 0.717) is 28.5 Å². The molecule has 0 heterocycles. The minimum Gasteiger partial charge on any atom is -0.486 e. The molecule has 210 valence electrons. The zero-order valence-corrected chi connectivity index (χ0v) is 23.4. The van der Waals surface area contributed by atoms with Crippen molar-refractivity contribution >= 4 is 0 Å². The molecule has 2 aliphatic rings. The van der Waals surface area contributed by atoms with E-state index < -0.39 is 11.6 Å². The number of halogens is 3. The van der Waals surface area contributed by atoms with Crippen molar-refractivity contribution in [3.8, 4) is 28.0 Å². The Kier molecular flexibility index (Phi) is 9.14. The van der Waals surface area contributed by atoms with Gasteiger partial charge in [-0.25, -0.2) is 8.78 Å². The molecule has 0 bridgehead atoms. The third-order valence-electron chi connectivity index (χ3n) is 9.18. The summed E-state index contributed by atoms with van der Waals surface area (Å²) in [4.78, 5) is 0. The van der Waals surface area contributed by atoms with Crippen LogP contribution in [-0.2, 0) is 0 Å². The highest BCUT2D eigenvalue weighted by Gasteiger charge is 2.31. The van der Waals surface area contributed by atoms with Crippen LogP contribution in [0.2, 0.25) is 0 Å². The van der Waals surface area contributed by atoms with E-state index in [1.165, 1.54) is 50.7 Å². The van der Waals surface area contributed by atoms with Crippen molar-refractivity contribution in [1.82, 2.24) is 0 Å². The van der Waals surface area contributed by atoms with Gasteiger partial charge in [-0.3, -0.25) is 0 Å². The molecule has 0 atom stereocenters. The van der Waals surface area contributed by atoms with Crippen LogP contribution in [0, 0.1) is 35.2 Å². The number of hydrogen-bond acceptors (Lipinski definition) is 1. The van der Waals surface area contributed by atoms with E-state index in [4.69, 9.17) is 4.74 Å². The first kappa shape index (κ1) is 28.3. The summed E-state index contributed by atoms with van der Waals surface area (Å²) in [6, 6.07) is 15.5. The summed E-state index contributed by atoms with van der Waals surface area (Å²) in [6.07, 6.45) is 15.6. The van der Waals surface area contributed by atoms with E-state index in [1.54, 1.807) is 42.5 Å². The molecule has 3 aromatic carbocycles. The molecule has 0 unspecified atom stereocenters. The molecule has 2 fully saturated rings. The fraction of sp³-hybridized carbons (Fsp3) is 0.389. The molecule has 2 aliphatic carbocycles. The summed E-state index contributed by atoms with van der Waals surface area (Å²) in [5.74, 6) is 0.437. The van der Waals surface area contributed by atoms with Gasteiger partial charge in [-0.05, 0) is 117 Å². The van der Waals surface area contributed by atoms with Crippen molar-refractivity contribution in [1.29, 1.82) is 0 Å². The Balaban J connectivity index is 1.23. The maximum atomic E-state index is 15.3. The van der Waals surface area contributed by atoms with Crippen molar-refractivity contribution in [2.24, 2.45) is 17.8 Å². The topological polar surface area (TPSA) is 9.23 Å². The van der Waals surface area contributed by atoms with Crippen LogP contribution in [0.15, 0.2) is 79.4 Å². The molecule has 4 heteroatoms. The first-order valence-electron chi connectivity index (χ1n) is 14.7. The van der Waals surface area contributed by atoms with Crippen LogP contribution in [0.25, 0.3) is 22.3 Å². The molecular weight excluding hydrogens is 505 g/mol. The molecule has 0 aliphatic heterocycles. The molecule has 3 aromatic rings. The third-order valence-corrected chi connectivity index (χ3v) is 9.18. The number of rotatable bonds is 8. The van der Waals surface area contributed by atoms with E-state index in [1.807, 2.05) is 13.0 Å². The number of allylic oxidation sites excluding steroid dienone is 2. The lowest BCUT2D eigenvalue weighted by atomic mass is 9.68. The molecular formula is C36H39F3O. The summed E-state index contributed by atoms with van der Waals surface area (Å²) in [5.41, 5.74) is 2.97. The summed E-state index contributed by atoms with van der Waals surface area (Å²) in [5, 5.41) is 0. The monoisotopic (exact) mass is 544 g/mol. The van der Waals surface area contributed by atoms with E-state index in [0.717, 1.165) is 30.2 Å². The summed E-state index contributed by atoms with van der Waals surface area (Å²) >= 11 is 0. The van der Waals surface area contributed by atoms with E-state index in [-0.39, 0.29) is 23.7 Å². The fourth-order valence-corrected chi connectivity index (χ4v) is 6.73. The predicted octanol–water partition coefficient (Wildman–Crippen LogP) is 10.7. The maximum absolute atomic E-state index is 15.3. The average molecular weight is 545 g/mol. The lowest BCUT2D eigenvalue weighted by Gasteiger charge is -2.37. The van der Waals surface area contributed by atoms with Crippen LogP contribution >= 0.6 is 0 Å². The second-order valence-electron chi connectivity index (χ2n) is 11.5. The smallest absolute Gasteiger partial charge is 0.201 e. The maximum Gasteiger partial charge on any atom is 0.201 e. The second kappa shape index (κ2) is 12.9. The van der Waals surface area contributed by atoms with E-state index >= 15 is 4.39 Å². The Bertz CT molecular complexity index is 1330. The lowest BCUT2D eigenvalue weighted by molar-refractivity contribution is 0.171. The van der Waals surface area contributed by atoms with E-state index in [2.05, 4.69) is 18.7 Å². The van der Waals surface area contributed by atoms with Gasteiger partial charge in [0.1, 0.15) is 12.4 Å². The van der Waals surface area contributed by atoms with Gasteiger partial charge in [0, 0.05) is 11.1 Å². The SMILES string of the molecule is C=CC1CCC(C2CCC(c3ccc(-c4ccc(-c5ccc(OC/C=C/C)c(F)c5F)cc4)c(F)c3)CC2)CC1. The van der Waals surface area contributed by atoms with Crippen molar-refractivity contribution < 1.29 is 17.9 Å². The highest BCUT2D eigenvalue weighted by atomic mass is 19.2. The molecule has 2 saturated carbocycles. The molecule has 0 aromatic heterocycles. The van der Waals surface area contributed by atoms with Gasteiger partial charge in [-0.2, -0.15) is 4.39 Å². The number of ether oxygens (including phenoxy) is 1. The lowest BCUT2D eigenvalue weighted by Crippen LogP contribution is -2.25. The van der Waals surface area contributed by atoms with Gasteiger partial charge < -0.3 is 4.74 Å². The van der Waals surface area contributed by atoms with Crippen LogP contribution in [0.3, 0.4) is 0 Å². The van der Waals surface area contributed by atoms with Crippen molar-refractivity contribution in [3.63, 3.8) is 0 Å². The minimum absolute atomic E-state index is 0.123. The molecule has 1 nitrogen and oxygen atoms in total. The minimum atomic E-state index is -1.01. The zero-order valence-electron chi connectivity index (χ0n) is 23.4. The van der Waals surface area contributed by atoms with Crippen LogP contribution < -0.4 is 4.74 Å². The van der Waals surface area contributed by atoms with Crippen LogP contribution in [0.1, 0.15) is 69.8 Å². The van der Waals surface area contributed by atoms with Gasteiger partial charge in [-0.15, -0.1) is 6.58 Å². The quantitative estimate of drug-likeness (QED) is 0.256. The largest absolute Gasteiger partial charge is 0.486 e. The van der Waals surface area contributed by atoms with Gasteiger partial charge in [0.15, 0.2) is 11.6 Å². The van der Waals surface area contributed by atoms with Crippen molar-refractivity contribution in [2.75, 3.05) is 6.61 Å². The Hall–Kier alpha value is -3.27. The zero-order chi connectivity index (χ0) is 28.1. The normalized spacial score (nSPS) is 23.3. The summed E-state index contributed by atoms with van der Waals surface area (Å²) in [6.45, 7) is 5.97. The molecule has 40 heavy (non-hydrogen) atoms. The summed E-state index contributed by atoms with van der Waals surface area (Å²) in [7, 11) is 0. The number of hydrogen-bond donors (Lipinski definition) is 0. The Morgan fingerprint density at radius 3 is 1.95 bits per heavy atom. The standard InChI is InChI=1S/C36H39F3O/c1-3-5-22-40-34-21-20-32(35(38)36(34)39)29-16-14-28(15-17-29)31-19-18-30(23-33(31)37)27-12-10-26(11-13-27)25-8-6-24(4-2)7-9-25/h3-5,14-21,23-27H,2,6-13,22H2,1H3/b5-3+. The number of benzene rings is 3. The van der Waals surface area contributed by atoms with Gasteiger partial charge in [0.2, 0.25) is 5.82 Å². The van der Waals surface area contributed by atoms with Gasteiger partial charge in [-0.1, -0.05) is 54.6 Å². The highest BCUT2D eigenvalue weighted by Crippen LogP contribution is 2.44. The highest BCUT2D eigenvalue weighted by molar-refractivity contribution is 5.71. The first-order valence-corrected chi connectivity index (χ1v) is 14.7. The van der Waals surface area contributed by atoms with Crippen LogP contribution in [0.5, 0.6) is 5.75 Å². The van der Waals surface area contributed by atoms with E-state index in [9.17, 15) is 8.78 Å².